The molecule has 0 N–H and O–H groups in total. The first-order valence-electron chi connectivity index (χ1n) is 5.84. The van der Waals surface area contributed by atoms with Crippen LogP contribution in [-0.2, 0) is 6.54 Å². The molecule has 0 bridgehead atoms. The molecule has 100 valence electrons. The molecule has 1 aromatic heterocycles. The fourth-order valence-electron chi connectivity index (χ4n) is 1.77. The predicted molar refractivity (Wildman–Crippen MR) is 75.6 cm³/mol. The number of carbonyl (C=O) groups excluding carboxylic acids is 1. The number of alkyl halides is 1. The highest BCUT2D eigenvalue weighted by Gasteiger charge is 2.20. The molecule has 1 heterocycles. The second-order valence-corrected chi connectivity index (χ2v) is 4.73. The second kappa shape index (κ2) is 6.64. The molecular formula is C14H13Cl2NO2. The molecule has 3 nitrogen and oxygen atoms in total. The van der Waals surface area contributed by atoms with Gasteiger partial charge in [-0.15, -0.1) is 11.6 Å². The van der Waals surface area contributed by atoms with Crippen molar-refractivity contribution in [3.63, 3.8) is 0 Å². The molecule has 19 heavy (non-hydrogen) atoms. The van der Waals surface area contributed by atoms with Crippen LogP contribution in [0.25, 0.3) is 0 Å². The van der Waals surface area contributed by atoms with Crippen LogP contribution in [0.4, 0.5) is 0 Å². The van der Waals surface area contributed by atoms with E-state index in [1.807, 2.05) is 30.3 Å². The lowest BCUT2D eigenvalue weighted by Gasteiger charge is -2.21. The number of benzene rings is 1. The Kier molecular flexibility index (Phi) is 4.88. The Hall–Kier alpha value is -1.45. The van der Waals surface area contributed by atoms with Crippen molar-refractivity contribution in [2.75, 3.05) is 12.4 Å². The number of carbonyl (C=O) groups is 1. The van der Waals surface area contributed by atoms with Gasteiger partial charge in [0.15, 0.2) is 0 Å². The van der Waals surface area contributed by atoms with Gasteiger partial charge in [0.1, 0.15) is 0 Å². The first kappa shape index (κ1) is 14.0. The summed E-state index contributed by atoms with van der Waals surface area (Å²) in [6, 6.07) is 11.3. The molecule has 0 radical (unpaired) electrons. The van der Waals surface area contributed by atoms with Crippen LogP contribution in [0.5, 0.6) is 0 Å². The summed E-state index contributed by atoms with van der Waals surface area (Å²) in [5.41, 5.74) is 1.41. The lowest BCUT2D eigenvalue weighted by molar-refractivity contribution is 0.0753. The molecule has 0 atom stereocenters. The minimum absolute atomic E-state index is 0.109. The molecule has 0 fully saturated rings. The molecule has 2 aromatic rings. The highest BCUT2D eigenvalue weighted by atomic mass is 35.5. The van der Waals surface area contributed by atoms with Crippen molar-refractivity contribution in [3.05, 3.63) is 59.0 Å². The van der Waals surface area contributed by atoms with E-state index in [-0.39, 0.29) is 11.1 Å². The Morgan fingerprint density at radius 3 is 2.53 bits per heavy atom. The van der Waals surface area contributed by atoms with Crippen molar-refractivity contribution in [2.24, 2.45) is 0 Å². The van der Waals surface area contributed by atoms with Gasteiger partial charge in [-0.05, 0) is 23.2 Å². The summed E-state index contributed by atoms with van der Waals surface area (Å²) in [4.78, 5) is 14.0. The minimum Gasteiger partial charge on any atom is -0.452 e. The highest BCUT2D eigenvalue weighted by Crippen LogP contribution is 2.19. The third-order valence-electron chi connectivity index (χ3n) is 2.71. The molecule has 2 rings (SSSR count). The quantitative estimate of drug-likeness (QED) is 0.786. The fraction of sp³-hybridized carbons (Fsp3) is 0.214. The third-order valence-corrected chi connectivity index (χ3v) is 3.17. The number of hydrogen-bond donors (Lipinski definition) is 0. The summed E-state index contributed by atoms with van der Waals surface area (Å²) in [7, 11) is 0. The van der Waals surface area contributed by atoms with Crippen LogP contribution in [0.1, 0.15) is 15.9 Å². The van der Waals surface area contributed by atoms with Crippen LogP contribution in [0.2, 0.25) is 5.22 Å². The minimum atomic E-state index is -0.178. The van der Waals surface area contributed by atoms with E-state index in [2.05, 4.69) is 0 Å². The maximum Gasteiger partial charge on any atom is 0.259 e. The van der Waals surface area contributed by atoms with Crippen LogP contribution in [0, 0.1) is 0 Å². The first-order chi connectivity index (χ1) is 9.22. The van der Waals surface area contributed by atoms with Gasteiger partial charge < -0.3 is 9.32 Å². The first-order valence-corrected chi connectivity index (χ1v) is 6.75. The summed E-state index contributed by atoms with van der Waals surface area (Å²) in [6.45, 7) is 0.949. The lowest BCUT2D eigenvalue weighted by Crippen LogP contribution is -2.32. The summed E-state index contributed by atoms with van der Waals surface area (Å²) in [5.74, 6) is 0.192. The summed E-state index contributed by atoms with van der Waals surface area (Å²) >= 11 is 11.6. The van der Waals surface area contributed by atoms with Crippen LogP contribution in [0.3, 0.4) is 0 Å². The van der Waals surface area contributed by atoms with E-state index >= 15 is 0 Å². The summed E-state index contributed by atoms with van der Waals surface area (Å²) in [5, 5.41) is 0.109. The Morgan fingerprint density at radius 1 is 1.21 bits per heavy atom. The number of furan rings is 1. The van der Waals surface area contributed by atoms with Crippen LogP contribution in [0.15, 0.2) is 47.1 Å². The van der Waals surface area contributed by atoms with Gasteiger partial charge in [-0.1, -0.05) is 30.3 Å². The van der Waals surface area contributed by atoms with E-state index in [0.717, 1.165) is 5.56 Å². The van der Waals surface area contributed by atoms with E-state index in [1.54, 1.807) is 11.0 Å². The van der Waals surface area contributed by atoms with Gasteiger partial charge in [0.2, 0.25) is 5.22 Å². The molecule has 0 aliphatic rings. The van der Waals surface area contributed by atoms with Crippen molar-refractivity contribution in [1.82, 2.24) is 4.90 Å². The molecule has 0 aliphatic carbocycles. The lowest BCUT2D eigenvalue weighted by atomic mass is 10.2. The molecule has 1 aromatic carbocycles. The molecule has 1 amide bonds. The topological polar surface area (TPSA) is 33.5 Å². The molecular weight excluding hydrogens is 285 g/mol. The van der Waals surface area contributed by atoms with E-state index in [9.17, 15) is 4.79 Å². The standard InChI is InChI=1S/C14H13Cl2NO2/c15-7-8-17(10-11-4-2-1-3-5-11)14(18)12-6-9-19-13(12)16/h1-6,9H,7-8,10H2. The average Bonchev–Trinajstić information content (AvgIpc) is 2.85. The van der Waals surface area contributed by atoms with E-state index in [1.165, 1.54) is 6.26 Å². The Labute approximate surface area is 121 Å². The van der Waals surface area contributed by atoms with E-state index < -0.39 is 0 Å². The maximum atomic E-state index is 12.3. The normalized spacial score (nSPS) is 10.4. The van der Waals surface area contributed by atoms with Crippen molar-refractivity contribution in [3.8, 4) is 0 Å². The molecule has 0 spiro atoms. The van der Waals surface area contributed by atoms with E-state index in [0.29, 0.717) is 24.5 Å². The van der Waals surface area contributed by atoms with Gasteiger partial charge in [0.25, 0.3) is 5.91 Å². The molecule has 0 saturated carbocycles. The van der Waals surface area contributed by atoms with Crippen molar-refractivity contribution < 1.29 is 9.21 Å². The largest absolute Gasteiger partial charge is 0.452 e. The second-order valence-electron chi connectivity index (χ2n) is 4.01. The van der Waals surface area contributed by atoms with Crippen LogP contribution < -0.4 is 0 Å². The zero-order chi connectivity index (χ0) is 13.7. The van der Waals surface area contributed by atoms with Crippen molar-refractivity contribution >= 4 is 29.1 Å². The Bertz CT molecular complexity index is 539. The SMILES string of the molecule is O=C(c1ccoc1Cl)N(CCCl)Cc1ccccc1. The molecule has 0 aliphatic heterocycles. The van der Waals surface area contributed by atoms with Gasteiger partial charge in [-0.25, -0.2) is 0 Å². The van der Waals surface area contributed by atoms with Crippen LogP contribution in [-0.4, -0.2) is 23.2 Å². The van der Waals surface area contributed by atoms with Gasteiger partial charge in [0.05, 0.1) is 11.8 Å². The van der Waals surface area contributed by atoms with Gasteiger partial charge in [-0.2, -0.15) is 0 Å². The Morgan fingerprint density at radius 2 is 1.95 bits per heavy atom. The number of hydrogen-bond acceptors (Lipinski definition) is 2. The predicted octanol–water partition coefficient (Wildman–Crippen LogP) is 3.81. The van der Waals surface area contributed by atoms with Gasteiger partial charge >= 0.3 is 0 Å². The molecule has 0 saturated heterocycles. The number of nitrogens with zero attached hydrogens (tertiary/aromatic N) is 1. The van der Waals surface area contributed by atoms with Gasteiger partial charge in [-0.3, -0.25) is 4.79 Å². The smallest absolute Gasteiger partial charge is 0.259 e. The third kappa shape index (κ3) is 3.52. The molecule has 5 heteroatoms. The fourth-order valence-corrected chi connectivity index (χ4v) is 2.17. The van der Waals surface area contributed by atoms with Crippen molar-refractivity contribution in [1.29, 1.82) is 0 Å². The van der Waals surface area contributed by atoms with Crippen LogP contribution >= 0.6 is 23.2 Å². The number of halogens is 2. The Balaban J connectivity index is 2.16. The maximum absolute atomic E-state index is 12.3. The zero-order valence-electron chi connectivity index (χ0n) is 10.2. The van der Waals surface area contributed by atoms with E-state index in [4.69, 9.17) is 27.6 Å². The number of rotatable bonds is 5. The summed E-state index contributed by atoms with van der Waals surface area (Å²) in [6.07, 6.45) is 1.40. The summed E-state index contributed by atoms with van der Waals surface area (Å²) < 4.78 is 4.95. The zero-order valence-corrected chi connectivity index (χ0v) is 11.7. The average molecular weight is 298 g/mol. The number of amides is 1. The van der Waals surface area contributed by atoms with Crippen molar-refractivity contribution in [2.45, 2.75) is 6.54 Å². The molecule has 0 unspecified atom stereocenters. The van der Waals surface area contributed by atoms with Gasteiger partial charge in [0, 0.05) is 19.0 Å². The monoisotopic (exact) mass is 297 g/mol. The highest BCUT2D eigenvalue weighted by molar-refractivity contribution is 6.32.